The van der Waals surface area contributed by atoms with Gasteiger partial charge in [-0.3, -0.25) is 14.8 Å². The van der Waals surface area contributed by atoms with Crippen molar-refractivity contribution in [3.8, 4) is 0 Å². The minimum Gasteiger partial charge on any atom is -0.340 e. The number of amides is 1. The molecule has 1 fully saturated rings. The van der Waals surface area contributed by atoms with Gasteiger partial charge in [0, 0.05) is 60.6 Å². The molecule has 3 N–H and O–H groups in total. The number of piperidine rings is 1. The van der Waals surface area contributed by atoms with Gasteiger partial charge >= 0.3 is 0 Å². The van der Waals surface area contributed by atoms with Crippen molar-refractivity contribution in [3.63, 3.8) is 0 Å². The van der Waals surface area contributed by atoms with Gasteiger partial charge in [-0.05, 0) is 74.5 Å². The van der Waals surface area contributed by atoms with Crippen LogP contribution in [0.4, 0.5) is 27.5 Å². The third kappa shape index (κ3) is 6.28. The molecule has 0 saturated carbocycles. The molecule has 2 aromatic heterocycles. The molecule has 0 atom stereocenters. The number of hydrogen-bond acceptors (Lipinski definition) is 7. The number of carbonyl (C=O) groups excluding carboxylic acids is 1. The number of nitrogens with zero attached hydrogens (tertiary/aromatic N) is 5. The van der Waals surface area contributed by atoms with Crippen LogP contribution in [0.3, 0.4) is 0 Å². The van der Waals surface area contributed by atoms with Gasteiger partial charge in [0.1, 0.15) is 11.6 Å². The second-order valence-corrected chi connectivity index (χ2v) is 9.14. The summed E-state index contributed by atoms with van der Waals surface area (Å²) in [6.45, 7) is 2.32. The number of H-pyrrole nitrogens is 1. The first-order chi connectivity index (χ1) is 18.0. The van der Waals surface area contributed by atoms with Crippen molar-refractivity contribution in [2.75, 3.05) is 30.8 Å². The van der Waals surface area contributed by atoms with Gasteiger partial charge < -0.3 is 15.5 Å². The van der Waals surface area contributed by atoms with Gasteiger partial charge in [-0.1, -0.05) is 0 Å². The van der Waals surface area contributed by atoms with E-state index in [1.54, 1.807) is 24.4 Å². The maximum atomic E-state index is 13.1. The summed E-state index contributed by atoms with van der Waals surface area (Å²) in [7, 11) is 2.12. The topological polar surface area (TPSA) is 102 Å². The number of likely N-dealkylation sites (tertiary alicyclic amines) is 1. The van der Waals surface area contributed by atoms with Gasteiger partial charge in [0.15, 0.2) is 0 Å². The van der Waals surface area contributed by atoms with E-state index in [1.807, 2.05) is 41.6 Å². The summed E-state index contributed by atoms with van der Waals surface area (Å²) in [6.07, 6.45) is 7.29. The summed E-state index contributed by atoms with van der Waals surface area (Å²) in [5, 5.41) is 13.2. The molecule has 0 aliphatic carbocycles. The largest absolute Gasteiger partial charge is 0.340 e. The van der Waals surface area contributed by atoms with Crippen LogP contribution in [-0.4, -0.2) is 62.1 Å². The molecule has 0 radical (unpaired) electrons. The summed E-state index contributed by atoms with van der Waals surface area (Å²) < 4.78 is 13.1. The van der Waals surface area contributed by atoms with Crippen LogP contribution in [-0.2, 0) is 6.54 Å². The lowest BCUT2D eigenvalue weighted by Crippen LogP contribution is -2.45. The van der Waals surface area contributed by atoms with Gasteiger partial charge in [0.05, 0.1) is 6.20 Å². The second kappa shape index (κ2) is 11.2. The molecule has 1 amide bonds. The van der Waals surface area contributed by atoms with E-state index in [1.165, 1.54) is 12.1 Å². The Hall–Kier alpha value is -4.31. The van der Waals surface area contributed by atoms with Crippen LogP contribution in [0.5, 0.6) is 0 Å². The fourth-order valence-corrected chi connectivity index (χ4v) is 4.47. The van der Waals surface area contributed by atoms with E-state index >= 15 is 0 Å². The predicted octanol–water partition coefficient (Wildman–Crippen LogP) is 4.56. The summed E-state index contributed by atoms with van der Waals surface area (Å²) in [5.41, 5.74) is 3.32. The molecule has 9 nitrogen and oxygen atoms in total. The number of aromatic amines is 1. The average Bonchev–Trinajstić information content (AvgIpc) is 3.43. The standard InChI is InChI=1S/C27H29FN8O/c1-35(18-19-16-30-31-17-19)24-11-14-36(15-12-24)26(37)20-2-6-23(7-3-20)33-27-29-13-10-25(34-27)32-22-8-4-21(28)5-9-22/h2-10,13,16-17,24H,11-12,14-15,18H2,1H3,(H,30,31)(H2,29,32,33,34). The van der Waals surface area contributed by atoms with E-state index < -0.39 is 0 Å². The molecule has 2 aromatic carbocycles. The molecule has 1 saturated heterocycles. The molecular formula is C27H29FN8O. The van der Waals surface area contributed by atoms with E-state index in [0.717, 1.165) is 49.4 Å². The minimum atomic E-state index is -0.295. The maximum Gasteiger partial charge on any atom is 0.253 e. The molecular weight excluding hydrogens is 471 g/mol. The summed E-state index contributed by atoms with van der Waals surface area (Å²) in [4.78, 5) is 26.0. The quantitative estimate of drug-likeness (QED) is 0.326. The smallest absolute Gasteiger partial charge is 0.253 e. The zero-order chi connectivity index (χ0) is 25.6. The number of benzene rings is 2. The number of halogens is 1. The van der Waals surface area contributed by atoms with Crippen molar-refractivity contribution in [1.29, 1.82) is 0 Å². The molecule has 10 heteroatoms. The predicted molar refractivity (Wildman–Crippen MR) is 140 cm³/mol. The Labute approximate surface area is 214 Å². The summed E-state index contributed by atoms with van der Waals surface area (Å²) >= 11 is 0. The number of aromatic nitrogens is 4. The van der Waals surface area contributed by atoms with Gasteiger partial charge in [-0.25, -0.2) is 9.37 Å². The number of carbonyl (C=O) groups is 1. The van der Waals surface area contributed by atoms with Crippen LogP contribution >= 0.6 is 0 Å². The lowest BCUT2D eigenvalue weighted by Gasteiger charge is -2.36. The average molecular weight is 501 g/mol. The first-order valence-electron chi connectivity index (χ1n) is 12.2. The zero-order valence-corrected chi connectivity index (χ0v) is 20.6. The molecule has 4 aromatic rings. The van der Waals surface area contributed by atoms with E-state index in [4.69, 9.17) is 0 Å². The van der Waals surface area contributed by atoms with Gasteiger partial charge in [0.2, 0.25) is 5.95 Å². The van der Waals surface area contributed by atoms with Crippen molar-refractivity contribution < 1.29 is 9.18 Å². The van der Waals surface area contributed by atoms with Crippen molar-refractivity contribution in [3.05, 3.63) is 90.1 Å². The van der Waals surface area contributed by atoms with E-state index in [0.29, 0.717) is 23.4 Å². The SMILES string of the molecule is CN(Cc1cn[nH]c1)C1CCN(C(=O)c2ccc(Nc3nccc(Nc4ccc(F)cc4)n3)cc2)CC1. The van der Waals surface area contributed by atoms with Crippen LogP contribution < -0.4 is 10.6 Å². The monoisotopic (exact) mass is 500 g/mol. The minimum absolute atomic E-state index is 0.0456. The zero-order valence-electron chi connectivity index (χ0n) is 20.6. The van der Waals surface area contributed by atoms with Gasteiger partial charge in [0.25, 0.3) is 5.91 Å². The van der Waals surface area contributed by atoms with Crippen molar-refractivity contribution in [2.45, 2.75) is 25.4 Å². The highest BCUT2D eigenvalue weighted by atomic mass is 19.1. The Bertz CT molecular complexity index is 1300. The van der Waals surface area contributed by atoms with Crippen molar-refractivity contribution in [1.82, 2.24) is 30.0 Å². The van der Waals surface area contributed by atoms with Crippen LogP contribution in [0.15, 0.2) is 73.2 Å². The number of anilines is 4. The molecule has 37 heavy (non-hydrogen) atoms. The Kier molecular flexibility index (Phi) is 7.36. The Morgan fingerprint density at radius 3 is 2.46 bits per heavy atom. The first kappa shape index (κ1) is 24.4. The van der Waals surface area contributed by atoms with E-state index in [2.05, 4.69) is 42.7 Å². The van der Waals surface area contributed by atoms with Crippen molar-refractivity contribution >= 4 is 29.0 Å². The Balaban J connectivity index is 1.14. The van der Waals surface area contributed by atoms with Gasteiger partial charge in [-0.15, -0.1) is 0 Å². The Morgan fingerprint density at radius 1 is 1.05 bits per heavy atom. The highest BCUT2D eigenvalue weighted by Crippen LogP contribution is 2.21. The fraction of sp³-hybridized carbons (Fsp3) is 0.259. The molecule has 3 heterocycles. The maximum absolute atomic E-state index is 13.1. The van der Waals surface area contributed by atoms with Gasteiger partial charge in [-0.2, -0.15) is 10.1 Å². The highest BCUT2D eigenvalue weighted by molar-refractivity contribution is 5.94. The number of rotatable bonds is 8. The van der Waals surface area contributed by atoms with E-state index in [9.17, 15) is 9.18 Å². The molecule has 0 unspecified atom stereocenters. The number of nitrogens with one attached hydrogen (secondary N) is 3. The molecule has 5 rings (SSSR count). The van der Waals surface area contributed by atoms with Crippen molar-refractivity contribution in [2.24, 2.45) is 0 Å². The molecule has 0 spiro atoms. The summed E-state index contributed by atoms with van der Waals surface area (Å²) in [5.74, 6) is 0.739. The second-order valence-electron chi connectivity index (χ2n) is 9.14. The van der Waals surface area contributed by atoms with Crippen LogP contribution in [0.2, 0.25) is 0 Å². The first-order valence-corrected chi connectivity index (χ1v) is 12.2. The molecule has 0 bridgehead atoms. The number of hydrogen-bond donors (Lipinski definition) is 3. The molecule has 190 valence electrons. The highest BCUT2D eigenvalue weighted by Gasteiger charge is 2.26. The third-order valence-electron chi connectivity index (χ3n) is 6.52. The third-order valence-corrected chi connectivity index (χ3v) is 6.52. The van der Waals surface area contributed by atoms with Crippen LogP contribution in [0.25, 0.3) is 0 Å². The van der Waals surface area contributed by atoms with E-state index in [-0.39, 0.29) is 11.7 Å². The van der Waals surface area contributed by atoms with Crippen LogP contribution in [0.1, 0.15) is 28.8 Å². The summed E-state index contributed by atoms with van der Waals surface area (Å²) in [6, 6.07) is 15.6. The fourth-order valence-electron chi connectivity index (χ4n) is 4.47. The lowest BCUT2D eigenvalue weighted by atomic mass is 10.0. The van der Waals surface area contributed by atoms with Crippen LogP contribution in [0, 0.1) is 5.82 Å². The normalized spacial score (nSPS) is 14.1. The molecule has 1 aliphatic rings. The lowest BCUT2D eigenvalue weighted by molar-refractivity contribution is 0.0639. The molecule has 1 aliphatic heterocycles. The Morgan fingerprint density at radius 2 is 1.76 bits per heavy atom.